The number of rotatable bonds is 5. The van der Waals surface area contributed by atoms with Gasteiger partial charge in [-0.05, 0) is 24.6 Å². The number of methoxy groups -OCH3 is 1. The fourth-order valence-corrected chi connectivity index (χ4v) is 3.98. The van der Waals surface area contributed by atoms with E-state index < -0.39 is 0 Å². The Morgan fingerprint density at radius 3 is 2.92 bits per heavy atom. The molecule has 0 N–H and O–H groups in total. The van der Waals surface area contributed by atoms with E-state index in [1.54, 1.807) is 31.3 Å². The summed E-state index contributed by atoms with van der Waals surface area (Å²) >= 11 is 1.59. The fourth-order valence-electron chi connectivity index (χ4n) is 2.99. The topological polar surface area (TPSA) is 73.1 Å². The Labute approximate surface area is 155 Å². The molecule has 1 aliphatic heterocycles. The lowest BCUT2D eigenvalue weighted by atomic mass is 10.1. The summed E-state index contributed by atoms with van der Waals surface area (Å²) in [4.78, 5) is 27.4. The number of carbonyl (C=O) groups excluding carboxylic acids is 1. The van der Waals surface area contributed by atoms with Gasteiger partial charge >= 0.3 is 0 Å². The van der Waals surface area contributed by atoms with Crippen molar-refractivity contribution in [2.75, 3.05) is 18.7 Å². The van der Waals surface area contributed by atoms with Crippen LogP contribution >= 0.6 is 11.8 Å². The summed E-state index contributed by atoms with van der Waals surface area (Å²) < 4.78 is 7.24. The highest BCUT2D eigenvalue weighted by Gasteiger charge is 2.25. The van der Waals surface area contributed by atoms with Crippen LogP contribution < -0.4 is 4.90 Å². The van der Waals surface area contributed by atoms with E-state index in [-0.39, 0.29) is 0 Å². The number of hydrogen-bond donors (Lipinski definition) is 0. The fraction of sp³-hybridized carbons (Fsp3) is 0.222. The van der Waals surface area contributed by atoms with Gasteiger partial charge in [-0.2, -0.15) is 0 Å². The number of aryl methyl sites for hydroxylation is 1. The molecule has 7 nitrogen and oxygen atoms in total. The minimum Gasteiger partial charge on any atom is -0.364 e. The maximum absolute atomic E-state index is 11.2. The summed E-state index contributed by atoms with van der Waals surface area (Å²) in [5.41, 5.74) is 2.91. The molecule has 1 aromatic carbocycles. The van der Waals surface area contributed by atoms with Crippen LogP contribution in [0, 0.1) is 6.92 Å². The predicted octanol–water partition coefficient (Wildman–Crippen LogP) is 3.05. The molecule has 3 aromatic rings. The van der Waals surface area contributed by atoms with Crippen molar-refractivity contribution < 1.29 is 9.53 Å². The van der Waals surface area contributed by atoms with Gasteiger partial charge in [0.15, 0.2) is 17.9 Å². The zero-order chi connectivity index (χ0) is 18.1. The summed E-state index contributed by atoms with van der Waals surface area (Å²) in [7, 11) is 1.66. The lowest BCUT2D eigenvalue weighted by molar-refractivity contribution is 0.111. The Balaban J connectivity index is 1.72. The molecule has 132 valence electrons. The number of nitrogens with zero attached hydrogens (tertiary/aromatic N) is 5. The van der Waals surface area contributed by atoms with Crippen LogP contribution in [0.4, 0.5) is 11.5 Å². The van der Waals surface area contributed by atoms with Crippen LogP contribution in [0.5, 0.6) is 0 Å². The minimum atomic E-state index is 0.381. The van der Waals surface area contributed by atoms with Crippen molar-refractivity contribution in [3.05, 3.63) is 53.9 Å². The van der Waals surface area contributed by atoms with Crippen molar-refractivity contribution in [2.24, 2.45) is 0 Å². The number of imidazole rings is 1. The minimum absolute atomic E-state index is 0.381. The average Bonchev–Trinajstić information content (AvgIpc) is 3.01. The molecule has 0 fully saturated rings. The molecule has 0 radical (unpaired) electrons. The Morgan fingerprint density at radius 2 is 2.12 bits per heavy atom. The smallest absolute Gasteiger partial charge is 0.185 e. The third kappa shape index (κ3) is 2.97. The van der Waals surface area contributed by atoms with E-state index in [2.05, 4.69) is 33.2 Å². The zero-order valence-corrected chi connectivity index (χ0v) is 15.2. The van der Waals surface area contributed by atoms with Crippen molar-refractivity contribution in [3.63, 3.8) is 0 Å². The van der Waals surface area contributed by atoms with E-state index in [9.17, 15) is 4.79 Å². The molecule has 0 aliphatic carbocycles. The van der Waals surface area contributed by atoms with Crippen LogP contribution in [-0.2, 0) is 11.3 Å². The Kier molecular flexibility index (Phi) is 4.44. The first-order chi connectivity index (χ1) is 12.7. The highest BCUT2D eigenvalue weighted by atomic mass is 32.2. The number of carbonyl (C=O) groups is 1. The van der Waals surface area contributed by atoms with E-state index in [0.717, 1.165) is 39.0 Å². The number of benzene rings is 1. The predicted molar refractivity (Wildman–Crippen MR) is 98.1 cm³/mol. The van der Waals surface area contributed by atoms with Gasteiger partial charge in [-0.15, -0.1) is 0 Å². The second-order valence-electron chi connectivity index (χ2n) is 5.92. The molecular weight excluding hydrogens is 350 g/mol. The van der Waals surface area contributed by atoms with E-state index >= 15 is 0 Å². The normalized spacial score (nSPS) is 12.6. The first kappa shape index (κ1) is 16.7. The molecule has 2 aromatic heterocycles. The van der Waals surface area contributed by atoms with Crippen LogP contribution in [0.1, 0.15) is 21.9 Å². The van der Waals surface area contributed by atoms with Crippen LogP contribution in [0.15, 0.2) is 46.7 Å². The molecule has 8 heteroatoms. The van der Waals surface area contributed by atoms with Crippen molar-refractivity contribution in [2.45, 2.75) is 23.4 Å². The molecule has 0 unspecified atom stereocenters. The van der Waals surface area contributed by atoms with Crippen LogP contribution in [0.2, 0.25) is 0 Å². The molecule has 0 amide bonds. The lowest BCUT2D eigenvalue weighted by Crippen LogP contribution is -2.24. The number of aromatic nitrogens is 4. The van der Waals surface area contributed by atoms with Gasteiger partial charge < -0.3 is 9.30 Å². The molecule has 3 heterocycles. The van der Waals surface area contributed by atoms with Gasteiger partial charge in [-0.1, -0.05) is 17.8 Å². The average molecular weight is 367 g/mol. The largest absolute Gasteiger partial charge is 0.364 e. The zero-order valence-electron chi connectivity index (χ0n) is 14.4. The molecule has 1 aliphatic rings. The number of fused-ring (bicyclic) bond motifs is 2. The molecule has 0 atom stereocenters. The first-order valence-corrected chi connectivity index (χ1v) is 8.88. The number of hydrogen-bond acceptors (Lipinski definition) is 7. The maximum atomic E-state index is 11.2. The van der Waals surface area contributed by atoms with Crippen LogP contribution in [-0.4, -0.2) is 39.6 Å². The van der Waals surface area contributed by atoms with Gasteiger partial charge in [0.2, 0.25) is 0 Å². The summed E-state index contributed by atoms with van der Waals surface area (Å²) in [5.74, 6) is 1.22. The molecule has 26 heavy (non-hydrogen) atoms. The summed E-state index contributed by atoms with van der Waals surface area (Å²) in [6.45, 7) is 2.83. The van der Waals surface area contributed by atoms with Gasteiger partial charge in [-0.3, -0.25) is 9.69 Å². The van der Waals surface area contributed by atoms with Crippen molar-refractivity contribution in [1.82, 2.24) is 19.5 Å². The van der Waals surface area contributed by atoms with Crippen LogP contribution in [0.3, 0.4) is 0 Å². The van der Waals surface area contributed by atoms with Gasteiger partial charge in [0.1, 0.15) is 11.8 Å². The standard InChI is InChI=1S/C18H17N5O2S/c1-12-8-22(16(10-24)21-12)9-13-3-4-15-14(7-13)23(11-25-2)17-18(26-15)20-6-5-19-17/h3-8,10H,9,11H2,1-2H3. The SMILES string of the molecule is COCN1c2cc(Cn3cc(C)nc3C=O)ccc2Sc2nccnc21. The van der Waals surface area contributed by atoms with E-state index in [4.69, 9.17) is 4.74 Å². The van der Waals surface area contributed by atoms with Crippen molar-refractivity contribution in [1.29, 1.82) is 0 Å². The molecule has 4 rings (SSSR count). The molecular formula is C18H17N5O2S. The van der Waals surface area contributed by atoms with Gasteiger partial charge in [0.05, 0.1) is 11.4 Å². The highest BCUT2D eigenvalue weighted by Crippen LogP contribution is 2.46. The molecule has 0 spiro atoms. The number of ether oxygens (including phenoxy) is 1. The van der Waals surface area contributed by atoms with Gasteiger partial charge in [0, 0.05) is 37.1 Å². The van der Waals surface area contributed by atoms with Gasteiger partial charge in [-0.25, -0.2) is 15.0 Å². The second-order valence-corrected chi connectivity index (χ2v) is 6.95. The molecule has 0 saturated carbocycles. The highest BCUT2D eigenvalue weighted by molar-refractivity contribution is 7.99. The molecule has 0 saturated heterocycles. The molecule has 0 bridgehead atoms. The lowest BCUT2D eigenvalue weighted by Gasteiger charge is -2.30. The summed E-state index contributed by atoms with van der Waals surface area (Å²) in [6.07, 6.45) is 6.04. The van der Waals surface area contributed by atoms with E-state index in [1.807, 2.05) is 22.6 Å². The maximum Gasteiger partial charge on any atom is 0.185 e. The third-order valence-corrected chi connectivity index (χ3v) is 5.11. The van der Waals surface area contributed by atoms with E-state index in [1.165, 1.54) is 0 Å². The Morgan fingerprint density at radius 1 is 1.27 bits per heavy atom. The number of aldehydes is 1. The summed E-state index contributed by atoms with van der Waals surface area (Å²) in [6, 6.07) is 6.23. The van der Waals surface area contributed by atoms with Crippen LogP contribution in [0.25, 0.3) is 0 Å². The Hall–Kier alpha value is -2.71. The monoisotopic (exact) mass is 367 g/mol. The van der Waals surface area contributed by atoms with Crippen molar-refractivity contribution >= 4 is 29.6 Å². The second kappa shape index (κ2) is 6.89. The third-order valence-electron chi connectivity index (χ3n) is 4.07. The first-order valence-electron chi connectivity index (χ1n) is 8.07. The summed E-state index contributed by atoms with van der Waals surface area (Å²) in [5, 5.41) is 0.860. The Bertz CT molecular complexity index is 972. The van der Waals surface area contributed by atoms with Gasteiger partial charge in [0.25, 0.3) is 0 Å². The number of anilines is 2. The van der Waals surface area contributed by atoms with Crippen molar-refractivity contribution in [3.8, 4) is 0 Å². The van der Waals surface area contributed by atoms with E-state index in [0.29, 0.717) is 19.1 Å². The quantitative estimate of drug-likeness (QED) is 0.642.